The molecule has 0 N–H and O–H groups in total. The molecule has 0 unspecified atom stereocenters. The lowest BCUT2D eigenvalue weighted by Gasteiger charge is -2.38. The number of hydrogen-bond acceptors (Lipinski definition) is 1. The molecule has 30 heavy (non-hydrogen) atoms. The molecule has 1 amide bonds. The largest absolute Gasteiger partial charge is 0.416 e. The summed E-state index contributed by atoms with van der Waals surface area (Å²) in [4.78, 5) is 14.4. The average molecular weight is 427 g/mol. The fourth-order valence-electron chi connectivity index (χ4n) is 4.15. The van der Waals surface area contributed by atoms with Crippen molar-refractivity contribution in [3.05, 3.63) is 70.8 Å². The van der Waals surface area contributed by atoms with E-state index in [0.29, 0.717) is 12.0 Å². The third-order valence-corrected chi connectivity index (χ3v) is 6.10. The van der Waals surface area contributed by atoms with Crippen molar-refractivity contribution in [2.45, 2.75) is 44.1 Å². The summed E-state index contributed by atoms with van der Waals surface area (Å²) in [5.41, 5.74) is -0.675. The molecule has 2 aliphatic rings. The van der Waals surface area contributed by atoms with Gasteiger partial charge in [-0.3, -0.25) is 4.79 Å². The predicted molar refractivity (Wildman–Crippen MR) is 97.5 cm³/mol. The molecular formula is C22H19F6NO. The van der Waals surface area contributed by atoms with Gasteiger partial charge >= 0.3 is 12.4 Å². The second-order valence-corrected chi connectivity index (χ2v) is 8.01. The van der Waals surface area contributed by atoms with Gasteiger partial charge in [0.2, 0.25) is 5.91 Å². The fraction of sp³-hybridized carbons (Fsp3) is 0.409. The van der Waals surface area contributed by atoms with Gasteiger partial charge in [-0.25, -0.2) is 0 Å². The number of rotatable bonds is 3. The normalized spacial score (nSPS) is 20.6. The van der Waals surface area contributed by atoms with E-state index in [1.54, 1.807) is 12.1 Å². The second kappa shape index (κ2) is 7.03. The van der Waals surface area contributed by atoms with Gasteiger partial charge in [-0.1, -0.05) is 36.4 Å². The maximum Gasteiger partial charge on any atom is 0.416 e. The Morgan fingerprint density at radius 1 is 0.967 bits per heavy atom. The highest BCUT2D eigenvalue weighted by Crippen LogP contribution is 2.60. The standard InChI is InChI=1S/C22H19F6NO/c23-21(24,25)16-7-5-15(6-8-16)19-17-4-2-1-3-14(17)9-12-29(19)18(30)13-20(10-11-20)22(26,27)28/h1-8,19H,9-13H2/t19-/m1/s1. The van der Waals surface area contributed by atoms with Crippen molar-refractivity contribution in [2.24, 2.45) is 5.41 Å². The number of fused-ring (bicyclic) bond motifs is 1. The first-order chi connectivity index (χ1) is 14.0. The summed E-state index contributed by atoms with van der Waals surface area (Å²) in [5.74, 6) is -0.621. The fourth-order valence-corrected chi connectivity index (χ4v) is 4.15. The highest BCUT2D eigenvalue weighted by molar-refractivity contribution is 5.79. The second-order valence-electron chi connectivity index (χ2n) is 8.01. The topological polar surface area (TPSA) is 20.3 Å². The van der Waals surface area contributed by atoms with E-state index in [1.807, 2.05) is 12.1 Å². The molecule has 160 valence electrons. The van der Waals surface area contributed by atoms with E-state index in [0.717, 1.165) is 23.3 Å². The van der Waals surface area contributed by atoms with Crippen LogP contribution < -0.4 is 0 Å². The number of carbonyl (C=O) groups is 1. The Labute approximate surface area is 169 Å². The van der Waals surface area contributed by atoms with Gasteiger partial charge in [0.15, 0.2) is 0 Å². The Balaban J connectivity index is 1.69. The van der Waals surface area contributed by atoms with Crippen molar-refractivity contribution in [1.82, 2.24) is 4.90 Å². The van der Waals surface area contributed by atoms with Crippen LogP contribution in [-0.2, 0) is 17.4 Å². The number of amides is 1. The molecule has 1 aliphatic carbocycles. The molecule has 2 aromatic carbocycles. The molecule has 4 rings (SSSR count). The SMILES string of the molecule is O=C(CC1(C(F)(F)F)CC1)N1CCc2ccccc2[C@H]1c1ccc(C(F)(F)F)cc1. The van der Waals surface area contributed by atoms with Crippen LogP contribution in [-0.4, -0.2) is 23.5 Å². The minimum Gasteiger partial charge on any atom is -0.331 e. The van der Waals surface area contributed by atoms with E-state index >= 15 is 0 Å². The summed E-state index contributed by atoms with van der Waals surface area (Å²) in [7, 11) is 0. The van der Waals surface area contributed by atoms with Crippen LogP contribution in [0.5, 0.6) is 0 Å². The number of nitrogens with zero attached hydrogens (tertiary/aromatic N) is 1. The number of hydrogen-bond donors (Lipinski definition) is 0. The zero-order valence-electron chi connectivity index (χ0n) is 15.9. The Morgan fingerprint density at radius 2 is 1.60 bits per heavy atom. The van der Waals surface area contributed by atoms with Crippen LogP contribution >= 0.6 is 0 Å². The third kappa shape index (κ3) is 3.68. The van der Waals surface area contributed by atoms with E-state index in [1.165, 1.54) is 17.0 Å². The van der Waals surface area contributed by atoms with Crippen molar-refractivity contribution in [3.8, 4) is 0 Å². The van der Waals surface area contributed by atoms with Crippen molar-refractivity contribution < 1.29 is 31.1 Å². The van der Waals surface area contributed by atoms with Crippen LogP contribution in [0.15, 0.2) is 48.5 Å². The first-order valence-corrected chi connectivity index (χ1v) is 9.63. The van der Waals surface area contributed by atoms with Crippen molar-refractivity contribution >= 4 is 5.91 Å². The van der Waals surface area contributed by atoms with Gasteiger partial charge in [-0.2, -0.15) is 26.3 Å². The smallest absolute Gasteiger partial charge is 0.331 e. The summed E-state index contributed by atoms with van der Waals surface area (Å²) in [6.07, 6.45) is -9.23. The van der Waals surface area contributed by atoms with Crippen LogP contribution in [0.4, 0.5) is 26.3 Å². The van der Waals surface area contributed by atoms with Gasteiger partial charge in [0.05, 0.1) is 17.0 Å². The van der Waals surface area contributed by atoms with Crippen molar-refractivity contribution in [2.75, 3.05) is 6.54 Å². The molecule has 1 aliphatic heterocycles. The van der Waals surface area contributed by atoms with E-state index in [-0.39, 0.29) is 19.4 Å². The molecule has 2 nitrogen and oxygen atoms in total. The third-order valence-electron chi connectivity index (χ3n) is 6.10. The van der Waals surface area contributed by atoms with Gasteiger partial charge in [0, 0.05) is 13.0 Å². The Bertz CT molecular complexity index is 943. The molecule has 0 bridgehead atoms. The number of alkyl halides is 6. The molecule has 8 heteroatoms. The maximum atomic E-state index is 13.4. The highest BCUT2D eigenvalue weighted by Gasteiger charge is 2.64. The molecule has 0 spiro atoms. The molecule has 0 saturated heterocycles. The van der Waals surface area contributed by atoms with Crippen LogP contribution in [0.2, 0.25) is 0 Å². The lowest BCUT2D eigenvalue weighted by molar-refractivity contribution is -0.192. The minimum absolute atomic E-state index is 0.0718. The summed E-state index contributed by atoms with van der Waals surface area (Å²) >= 11 is 0. The van der Waals surface area contributed by atoms with E-state index in [4.69, 9.17) is 0 Å². The van der Waals surface area contributed by atoms with E-state index in [2.05, 4.69) is 0 Å². The molecule has 1 heterocycles. The van der Waals surface area contributed by atoms with Crippen molar-refractivity contribution in [1.29, 1.82) is 0 Å². The van der Waals surface area contributed by atoms with Gasteiger partial charge in [0.25, 0.3) is 0 Å². The zero-order valence-corrected chi connectivity index (χ0v) is 15.9. The Hall–Kier alpha value is -2.51. The van der Waals surface area contributed by atoms with Crippen LogP contribution in [0.1, 0.15) is 47.6 Å². The number of carbonyl (C=O) groups excluding carboxylic acids is 1. The summed E-state index contributed by atoms with van der Waals surface area (Å²) < 4.78 is 78.9. The predicted octanol–water partition coefficient (Wildman–Crippen LogP) is 5.91. The highest BCUT2D eigenvalue weighted by atomic mass is 19.4. The zero-order chi connectivity index (χ0) is 21.7. The monoisotopic (exact) mass is 427 g/mol. The quantitative estimate of drug-likeness (QED) is 0.558. The maximum absolute atomic E-state index is 13.4. The number of halogens is 6. The average Bonchev–Trinajstić information content (AvgIpc) is 3.47. The molecule has 1 atom stereocenters. The van der Waals surface area contributed by atoms with Crippen molar-refractivity contribution in [3.63, 3.8) is 0 Å². The van der Waals surface area contributed by atoms with Gasteiger partial charge < -0.3 is 4.90 Å². The lowest BCUT2D eigenvalue weighted by atomic mass is 9.87. The van der Waals surface area contributed by atoms with Gasteiger partial charge in [-0.05, 0) is 48.1 Å². The Kier molecular flexibility index (Phi) is 4.86. The van der Waals surface area contributed by atoms with Crippen LogP contribution in [0, 0.1) is 5.41 Å². The molecule has 1 fully saturated rings. The molecule has 2 aromatic rings. The van der Waals surface area contributed by atoms with Crippen LogP contribution in [0.3, 0.4) is 0 Å². The molecular weight excluding hydrogens is 408 g/mol. The lowest BCUT2D eigenvalue weighted by Crippen LogP contribution is -2.43. The first kappa shape index (κ1) is 20.8. The minimum atomic E-state index is -4.50. The van der Waals surface area contributed by atoms with Gasteiger partial charge in [0.1, 0.15) is 0 Å². The Morgan fingerprint density at radius 3 is 2.17 bits per heavy atom. The van der Waals surface area contributed by atoms with E-state index < -0.39 is 41.7 Å². The van der Waals surface area contributed by atoms with E-state index in [9.17, 15) is 31.1 Å². The summed E-state index contributed by atoms with van der Waals surface area (Å²) in [5, 5.41) is 0. The summed E-state index contributed by atoms with van der Waals surface area (Å²) in [6, 6.07) is 11.0. The molecule has 0 aromatic heterocycles. The molecule has 1 saturated carbocycles. The van der Waals surface area contributed by atoms with Crippen LogP contribution in [0.25, 0.3) is 0 Å². The van der Waals surface area contributed by atoms with Gasteiger partial charge in [-0.15, -0.1) is 0 Å². The first-order valence-electron chi connectivity index (χ1n) is 9.63. The molecule has 0 radical (unpaired) electrons. The summed E-state index contributed by atoms with van der Waals surface area (Å²) in [6.45, 7) is 0.218. The number of benzene rings is 2.